The van der Waals surface area contributed by atoms with E-state index in [9.17, 15) is 24.3 Å². The Labute approximate surface area is 165 Å². The van der Waals surface area contributed by atoms with Crippen LogP contribution in [0.4, 0.5) is 5.88 Å². The molecule has 4 N–H and O–H groups in total. The molecule has 0 saturated carbocycles. The summed E-state index contributed by atoms with van der Waals surface area (Å²) in [5.41, 5.74) is 5.37. The van der Waals surface area contributed by atoms with Crippen molar-refractivity contribution in [3.63, 3.8) is 0 Å². The minimum Gasteiger partial charge on any atom is -0.507 e. The lowest BCUT2D eigenvalue weighted by Gasteiger charge is -2.07. The number of furan rings is 1. The summed E-state index contributed by atoms with van der Waals surface area (Å²) in [6.07, 6.45) is 0. The Balaban J connectivity index is 2.12. The molecule has 1 heterocycles. The van der Waals surface area contributed by atoms with Gasteiger partial charge in [0.15, 0.2) is 6.61 Å². The summed E-state index contributed by atoms with van der Waals surface area (Å²) in [5, 5.41) is 12.0. The van der Waals surface area contributed by atoms with Crippen molar-refractivity contribution in [2.45, 2.75) is 20.8 Å². The molecule has 0 aliphatic carbocycles. The van der Waals surface area contributed by atoms with Gasteiger partial charge in [-0.25, -0.2) is 9.59 Å². The number of hydrogen-bond donors (Lipinski definition) is 3. The number of carbonyl (C=O) groups is 4. The van der Waals surface area contributed by atoms with Crippen molar-refractivity contribution >= 4 is 29.6 Å². The van der Waals surface area contributed by atoms with E-state index in [4.69, 9.17) is 19.6 Å². The van der Waals surface area contributed by atoms with Crippen molar-refractivity contribution in [2.75, 3.05) is 18.5 Å². The topological polar surface area (TPSA) is 158 Å². The number of amides is 2. The van der Waals surface area contributed by atoms with E-state index >= 15 is 0 Å². The Kier molecular flexibility index (Phi) is 6.60. The fourth-order valence-electron chi connectivity index (χ4n) is 2.50. The third kappa shape index (κ3) is 4.92. The predicted octanol–water partition coefficient (Wildman–Crippen LogP) is 1.67. The molecule has 0 fully saturated rings. The van der Waals surface area contributed by atoms with Crippen molar-refractivity contribution in [3.8, 4) is 5.75 Å². The van der Waals surface area contributed by atoms with Crippen LogP contribution in [0.5, 0.6) is 5.75 Å². The van der Waals surface area contributed by atoms with Gasteiger partial charge < -0.3 is 24.7 Å². The summed E-state index contributed by atoms with van der Waals surface area (Å²) >= 11 is 0. The van der Waals surface area contributed by atoms with Gasteiger partial charge in [0.05, 0.1) is 6.61 Å². The third-order valence-electron chi connectivity index (χ3n) is 3.77. The summed E-state index contributed by atoms with van der Waals surface area (Å²) < 4.78 is 15.0. The fourth-order valence-corrected chi connectivity index (χ4v) is 2.50. The first-order valence-corrected chi connectivity index (χ1v) is 8.52. The van der Waals surface area contributed by atoms with Gasteiger partial charge in [0.25, 0.3) is 11.8 Å². The van der Waals surface area contributed by atoms with Crippen LogP contribution in [-0.4, -0.2) is 42.1 Å². The number of ether oxygens (including phenoxy) is 2. The monoisotopic (exact) mass is 404 g/mol. The van der Waals surface area contributed by atoms with E-state index in [2.05, 4.69) is 5.32 Å². The van der Waals surface area contributed by atoms with E-state index in [0.29, 0.717) is 0 Å². The maximum Gasteiger partial charge on any atom is 0.342 e. The Bertz CT molecular complexity index is 977. The number of aromatic hydroxyl groups is 1. The Hall–Kier alpha value is -3.82. The molecule has 0 aliphatic rings. The maximum atomic E-state index is 12.1. The first kappa shape index (κ1) is 21.5. The quantitative estimate of drug-likeness (QED) is 0.588. The molecule has 29 heavy (non-hydrogen) atoms. The molecule has 0 spiro atoms. The molecule has 1 aromatic heterocycles. The molecule has 1 aromatic carbocycles. The molecule has 2 amide bonds. The lowest BCUT2D eigenvalue weighted by molar-refractivity contribution is -0.119. The largest absolute Gasteiger partial charge is 0.507 e. The molecular weight excluding hydrogens is 384 g/mol. The van der Waals surface area contributed by atoms with Crippen LogP contribution in [0.3, 0.4) is 0 Å². The van der Waals surface area contributed by atoms with E-state index in [1.807, 2.05) is 0 Å². The van der Waals surface area contributed by atoms with Crippen molar-refractivity contribution < 1.29 is 38.2 Å². The molecular formula is C19H20N2O8. The van der Waals surface area contributed by atoms with Crippen molar-refractivity contribution in [1.29, 1.82) is 0 Å². The van der Waals surface area contributed by atoms with Crippen LogP contribution >= 0.6 is 0 Å². The highest BCUT2D eigenvalue weighted by Crippen LogP contribution is 2.27. The minimum absolute atomic E-state index is 0.0223. The molecule has 154 valence electrons. The van der Waals surface area contributed by atoms with E-state index in [1.54, 1.807) is 19.9 Å². The highest BCUT2D eigenvalue weighted by molar-refractivity contribution is 6.10. The number of primary amides is 1. The van der Waals surface area contributed by atoms with Crippen LogP contribution in [0.25, 0.3) is 0 Å². The molecule has 0 saturated heterocycles. The molecule has 10 heteroatoms. The van der Waals surface area contributed by atoms with Gasteiger partial charge in [0, 0.05) is 0 Å². The number of phenolic OH excluding ortho intramolecular Hbond substituents is 1. The van der Waals surface area contributed by atoms with Crippen LogP contribution < -0.4 is 11.1 Å². The van der Waals surface area contributed by atoms with Gasteiger partial charge in [-0.05, 0) is 38.5 Å². The summed E-state index contributed by atoms with van der Waals surface area (Å²) in [4.78, 5) is 47.9. The Morgan fingerprint density at radius 2 is 1.79 bits per heavy atom. The van der Waals surface area contributed by atoms with Crippen LogP contribution in [0, 0.1) is 13.8 Å². The van der Waals surface area contributed by atoms with Crippen molar-refractivity contribution in [3.05, 3.63) is 46.2 Å². The Morgan fingerprint density at radius 1 is 1.10 bits per heavy atom. The molecule has 0 unspecified atom stereocenters. The Morgan fingerprint density at radius 3 is 2.38 bits per heavy atom. The molecule has 10 nitrogen and oxygen atoms in total. The van der Waals surface area contributed by atoms with E-state index in [0.717, 1.165) is 5.56 Å². The van der Waals surface area contributed by atoms with Gasteiger partial charge in [-0.15, -0.1) is 0 Å². The van der Waals surface area contributed by atoms with Gasteiger partial charge in [-0.2, -0.15) is 0 Å². The highest BCUT2D eigenvalue weighted by atomic mass is 16.5. The zero-order valence-electron chi connectivity index (χ0n) is 16.0. The second kappa shape index (κ2) is 8.91. The minimum atomic E-state index is -1.01. The summed E-state index contributed by atoms with van der Waals surface area (Å²) in [6, 6.07) is 4.33. The average Bonchev–Trinajstić information content (AvgIpc) is 2.96. The zero-order chi connectivity index (χ0) is 21.7. The highest BCUT2D eigenvalue weighted by Gasteiger charge is 2.29. The normalized spacial score (nSPS) is 10.3. The van der Waals surface area contributed by atoms with E-state index in [1.165, 1.54) is 19.1 Å². The first-order valence-electron chi connectivity index (χ1n) is 8.52. The lowest BCUT2D eigenvalue weighted by Crippen LogP contribution is -2.23. The maximum absolute atomic E-state index is 12.1. The van der Waals surface area contributed by atoms with Gasteiger partial charge in [0.2, 0.25) is 5.88 Å². The smallest absolute Gasteiger partial charge is 0.342 e. The number of rotatable bonds is 7. The fraction of sp³-hybridized carbons (Fsp3) is 0.263. The SMILES string of the molecule is CCOC(=O)c1c(C)oc(NC(=O)COC(=O)c2ccc(C)cc2O)c1C(N)=O. The predicted molar refractivity (Wildman–Crippen MR) is 99.7 cm³/mol. The molecule has 0 bridgehead atoms. The van der Waals surface area contributed by atoms with Gasteiger partial charge >= 0.3 is 11.9 Å². The number of nitrogens with two attached hydrogens (primary N) is 1. The molecule has 0 radical (unpaired) electrons. The number of benzene rings is 1. The number of anilines is 1. The second-order valence-corrected chi connectivity index (χ2v) is 5.97. The standard InChI is InChI=1S/C19H20N2O8/c1-4-27-19(26)14-10(3)29-17(15(14)16(20)24)21-13(23)8-28-18(25)11-6-5-9(2)7-12(11)22/h5-7,22H,4,8H2,1-3H3,(H2,20,24)(H,21,23). The summed E-state index contributed by atoms with van der Waals surface area (Å²) in [5.74, 6) is -4.24. The van der Waals surface area contributed by atoms with Gasteiger partial charge in [0.1, 0.15) is 28.2 Å². The molecule has 0 atom stereocenters. The zero-order valence-corrected chi connectivity index (χ0v) is 16.0. The third-order valence-corrected chi connectivity index (χ3v) is 3.77. The summed E-state index contributed by atoms with van der Waals surface area (Å²) in [6.45, 7) is 4.03. The van der Waals surface area contributed by atoms with Gasteiger partial charge in [-0.1, -0.05) is 6.07 Å². The molecule has 0 aliphatic heterocycles. The summed E-state index contributed by atoms with van der Waals surface area (Å²) in [7, 11) is 0. The van der Waals surface area contributed by atoms with Gasteiger partial charge in [-0.3, -0.25) is 14.9 Å². The number of aryl methyl sites for hydroxylation is 2. The number of nitrogens with one attached hydrogen (secondary N) is 1. The van der Waals surface area contributed by atoms with E-state index in [-0.39, 0.29) is 40.7 Å². The van der Waals surface area contributed by atoms with Crippen molar-refractivity contribution in [1.82, 2.24) is 0 Å². The van der Waals surface area contributed by atoms with Crippen LogP contribution in [0.2, 0.25) is 0 Å². The van der Waals surface area contributed by atoms with Crippen LogP contribution in [0.1, 0.15) is 49.3 Å². The first-order chi connectivity index (χ1) is 13.6. The lowest BCUT2D eigenvalue weighted by atomic mass is 10.1. The average molecular weight is 404 g/mol. The van der Waals surface area contributed by atoms with Crippen molar-refractivity contribution in [2.24, 2.45) is 5.73 Å². The second-order valence-electron chi connectivity index (χ2n) is 5.97. The number of carbonyl (C=O) groups excluding carboxylic acids is 4. The van der Waals surface area contributed by atoms with E-state index < -0.39 is 30.4 Å². The number of hydrogen-bond acceptors (Lipinski definition) is 8. The number of esters is 2. The number of phenols is 1. The molecule has 2 aromatic rings. The van der Waals surface area contributed by atoms with Crippen LogP contribution in [-0.2, 0) is 14.3 Å². The molecule has 2 rings (SSSR count). The van der Waals surface area contributed by atoms with Crippen LogP contribution in [0.15, 0.2) is 22.6 Å².